The lowest BCUT2D eigenvalue weighted by Gasteiger charge is -2.04. The number of allylic oxidation sites excluding steroid dienone is 3. The van der Waals surface area contributed by atoms with Crippen LogP contribution in [0.3, 0.4) is 0 Å². The molecule has 6 heteroatoms. The minimum atomic E-state index is -0.894. The second-order valence-electron chi connectivity index (χ2n) is 9.73. The van der Waals surface area contributed by atoms with E-state index < -0.39 is 5.97 Å². The number of nitrogens with one attached hydrogen (secondary N) is 2. The van der Waals surface area contributed by atoms with Crippen molar-refractivity contribution in [1.82, 2.24) is 19.9 Å². The quantitative estimate of drug-likeness (QED) is 0.374. The van der Waals surface area contributed by atoms with Gasteiger partial charge in [-0.2, -0.15) is 0 Å². The van der Waals surface area contributed by atoms with Crippen molar-refractivity contribution in [2.75, 3.05) is 0 Å². The Kier molecular flexibility index (Phi) is 5.91. The lowest BCUT2D eigenvalue weighted by molar-refractivity contribution is -0.136. The second-order valence-corrected chi connectivity index (χ2v) is 9.73. The van der Waals surface area contributed by atoms with Gasteiger partial charge in [0.05, 0.1) is 29.2 Å². The van der Waals surface area contributed by atoms with E-state index in [0.717, 1.165) is 74.3 Å². The van der Waals surface area contributed by atoms with Gasteiger partial charge in [0, 0.05) is 27.6 Å². The Balaban J connectivity index is 2.00. The lowest BCUT2D eigenvalue weighted by atomic mass is 9.99. The third-order valence-electron chi connectivity index (χ3n) is 7.37. The molecule has 2 aliphatic rings. The van der Waals surface area contributed by atoms with Gasteiger partial charge in [0.15, 0.2) is 0 Å². The molecule has 0 aliphatic carbocycles. The van der Waals surface area contributed by atoms with Gasteiger partial charge < -0.3 is 15.1 Å². The van der Waals surface area contributed by atoms with Crippen LogP contribution >= 0.6 is 0 Å². The molecule has 2 aliphatic heterocycles. The van der Waals surface area contributed by atoms with Crippen LogP contribution in [0.15, 0.2) is 24.3 Å². The van der Waals surface area contributed by atoms with Gasteiger partial charge in [-0.05, 0) is 104 Å². The third kappa shape index (κ3) is 3.96. The molecule has 0 saturated carbocycles. The summed E-state index contributed by atoms with van der Waals surface area (Å²) in [6.45, 7) is 12.6. The van der Waals surface area contributed by atoms with Gasteiger partial charge in [-0.25, -0.2) is 9.97 Å². The normalized spacial score (nSPS) is 13.3. The highest BCUT2D eigenvalue weighted by atomic mass is 16.4. The molecule has 5 rings (SSSR count). The van der Waals surface area contributed by atoms with Gasteiger partial charge in [0.1, 0.15) is 0 Å². The average Bonchev–Trinajstić information content (AvgIpc) is 3.53. The van der Waals surface area contributed by atoms with Crippen LogP contribution in [0.2, 0.25) is 0 Å². The number of carbonyl (C=O) groups is 1. The van der Waals surface area contributed by atoms with Gasteiger partial charge in [-0.15, -0.1) is 0 Å². The monoisotopic (exact) mass is 480 g/mol. The Morgan fingerprint density at radius 1 is 0.861 bits per heavy atom. The zero-order valence-corrected chi connectivity index (χ0v) is 21.8. The fraction of sp³-hybridized carbons (Fsp3) is 0.300. The van der Waals surface area contributed by atoms with Crippen LogP contribution in [0.5, 0.6) is 0 Å². The molecule has 3 aromatic heterocycles. The van der Waals surface area contributed by atoms with E-state index >= 15 is 0 Å². The fourth-order valence-corrected chi connectivity index (χ4v) is 5.40. The van der Waals surface area contributed by atoms with E-state index in [1.807, 2.05) is 19.9 Å². The minimum absolute atomic E-state index is 0.136. The molecule has 0 aromatic carbocycles. The van der Waals surface area contributed by atoms with Crippen molar-refractivity contribution in [2.45, 2.75) is 60.8 Å². The molecule has 3 aromatic rings. The first kappa shape index (κ1) is 23.8. The molecule has 0 amide bonds. The van der Waals surface area contributed by atoms with Crippen molar-refractivity contribution in [3.05, 3.63) is 69.3 Å². The molecule has 3 N–H and O–H groups in total. The topological polar surface area (TPSA) is 94.7 Å². The predicted molar refractivity (Wildman–Crippen MR) is 148 cm³/mol. The zero-order valence-electron chi connectivity index (χ0n) is 21.8. The van der Waals surface area contributed by atoms with Crippen LogP contribution in [0, 0.1) is 13.8 Å². The molecule has 5 heterocycles. The summed E-state index contributed by atoms with van der Waals surface area (Å²) in [7, 11) is 0. The summed E-state index contributed by atoms with van der Waals surface area (Å²) in [5.41, 5.74) is 14.7. The highest BCUT2D eigenvalue weighted by molar-refractivity contribution is 5.95. The Labute approximate surface area is 210 Å². The molecule has 0 spiro atoms. The van der Waals surface area contributed by atoms with Crippen LogP contribution in [0.1, 0.15) is 79.1 Å². The van der Waals surface area contributed by atoms with E-state index in [1.165, 1.54) is 11.1 Å². The van der Waals surface area contributed by atoms with Gasteiger partial charge in [-0.1, -0.05) is 13.8 Å². The summed E-state index contributed by atoms with van der Waals surface area (Å²) in [4.78, 5) is 29.0. The minimum Gasteiger partial charge on any atom is -0.481 e. The summed E-state index contributed by atoms with van der Waals surface area (Å²) in [5, 5.41) is 9.79. The third-order valence-corrected chi connectivity index (χ3v) is 7.37. The molecule has 0 atom stereocenters. The first-order chi connectivity index (χ1) is 17.2. The van der Waals surface area contributed by atoms with Crippen LogP contribution < -0.4 is 0 Å². The summed E-state index contributed by atoms with van der Waals surface area (Å²) in [6.07, 6.45) is 3.55. The fourth-order valence-electron chi connectivity index (χ4n) is 5.40. The number of hydrogen-bond acceptors (Lipinski definition) is 3. The van der Waals surface area contributed by atoms with Gasteiger partial charge in [0.25, 0.3) is 0 Å². The summed E-state index contributed by atoms with van der Waals surface area (Å²) in [6, 6.07) is 8.48. The predicted octanol–water partition coefficient (Wildman–Crippen LogP) is 7.02. The standard InChI is InChI=1S/C30H32N4O2/c1-7-20-17(5)25-11-19-9-15(3)23(31-19)13-28-21(8-2)18(6)30(34-28)22(12-29(35)36)26-10-16(4)24(32-26)14-27(20)33-25/h9-11,13-14,31,33H,7-8,12H2,1-6H3,(H,35,36). The highest BCUT2D eigenvalue weighted by Gasteiger charge is 2.23. The lowest BCUT2D eigenvalue weighted by Crippen LogP contribution is -2.05. The Bertz CT molecular complexity index is 1650. The zero-order chi connectivity index (χ0) is 25.7. The van der Waals surface area contributed by atoms with Crippen LogP contribution in [-0.4, -0.2) is 31.0 Å². The molecule has 184 valence electrons. The highest BCUT2D eigenvalue weighted by Crippen LogP contribution is 2.36. The summed E-state index contributed by atoms with van der Waals surface area (Å²) in [5.74, 6) is -0.894. The largest absolute Gasteiger partial charge is 0.481 e. The van der Waals surface area contributed by atoms with Crippen molar-refractivity contribution in [3.63, 3.8) is 0 Å². The Hall–Kier alpha value is -3.93. The van der Waals surface area contributed by atoms with E-state index in [9.17, 15) is 9.90 Å². The first-order valence-corrected chi connectivity index (χ1v) is 12.5. The number of fused-ring (bicyclic) bond motifs is 8. The van der Waals surface area contributed by atoms with Crippen LogP contribution in [0.25, 0.3) is 44.9 Å². The van der Waals surface area contributed by atoms with E-state index in [4.69, 9.17) is 9.97 Å². The summed E-state index contributed by atoms with van der Waals surface area (Å²) < 4.78 is 0. The SMILES string of the molecule is CCC1=C(C)c2nc1cc1[nH]c(cc1C)cc1[nH]c(cc3nc(c2CC(=O)O)C=C3C)c(CC)c1C. The van der Waals surface area contributed by atoms with Gasteiger partial charge in [0.2, 0.25) is 0 Å². The number of aromatic nitrogens is 4. The van der Waals surface area contributed by atoms with Crippen molar-refractivity contribution >= 4 is 50.8 Å². The average molecular weight is 481 g/mol. The van der Waals surface area contributed by atoms with Crippen LogP contribution in [-0.2, 0) is 17.6 Å². The maximum atomic E-state index is 11.9. The Morgan fingerprint density at radius 3 is 2.31 bits per heavy atom. The number of rotatable bonds is 4. The van der Waals surface area contributed by atoms with Crippen molar-refractivity contribution in [3.8, 4) is 0 Å². The molecule has 8 bridgehead atoms. The number of carboxylic acid groups (broad SMARTS) is 1. The molecule has 6 nitrogen and oxygen atoms in total. The number of H-pyrrole nitrogens is 2. The molecule has 0 radical (unpaired) electrons. The Morgan fingerprint density at radius 2 is 1.61 bits per heavy atom. The summed E-state index contributed by atoms with van der Waals surface area (Å²) >= 11 is 0. The maximum absolute atomic E-state index is 11.9. The second kappa shape index (κ2) is 8.94. The molecule has 0 unspecified atom stereocenters. The number of aromatic amines is 2. The van der Waals surface area contributed by atoms with E-state index in [1.54, 1.807) is 0 Å². The number of carboxylic acids is 1. The number of hydrogen-bond donors (Lipinski definition) is 3. The van der Waals surface area contributed by atoms with Crippen molar-refractivity contribution in [1.29, 1.82) is 0 Å². The van der Waals surface area contributed by atoms with Gasteiger partial charge >= 0.3 is 5.97 Å². The van der Waals surface area contributed by atoms with Crippen LogP contribution in [0.4, 0.5) is 0 Å². The van der Waals surface area contributed by atoms with E-state index in [-0.39, 0.29) is 6.42 Å². The molecular weight excluding hydrogens is 448 g/mol. The maximum Gasteiger partial charge on any atom is 0.307 e. The smallest absolute Gasteiger partial charge is 0.307 e. The number of aliphatic carboxylic acids is 1. The number of nitrogens with zero attached hydrogens (tertiary/aromatic N) is 2. The molecule has 36 heavy (non-hydrogen) atoms. The van der Waals surface area contributed by atoms with E-state index in [0.29, 0.717) is 11.3 Å². The molecule has 0 fully saturated rings. The van der Waals surface area contributed by atoms with Gasteiger partial charge in [-0.3, -0.25) is 4.79 Å². The first-order valence-electron chi connectivity index (χ1n) is 12.5. The number of aryl methyl sites for hydroxylation is 3. The van der Waals surface area contributed by atoms with Crippen molar-refractivity contribution < 1.29 is 9.90 Å². The van der Waals surface area contributed by atoms with Crippen molar-refractivity contribution in [2.24, 2.45) is 0 Å². The van der Waals surface area contributed by atoms with E-state index in [2.05, 4.69) is 61.9 Å². The molecular formula is C30H32N4O2. The molecule has 0 saturated heterocycles.